The summed E-state index contributed by atoms with van der Waals surface area (Å²) in [5.41, 5.74) is 3.48. The Morgan fingerprint density at radius 2 is 2.16 bits per heavy atom. The van der Waals surface area contributed by atoms with Crippen molar-refractivity contribution < 1.29 is 4.74 Å². The van der Waals surface area contributed by atoms with Crippen molar-refractivity contribution in [2.45, 2.75) is 26.4 Å². The Morgan fingerprint density at radius 1 is 1.32 bits per heavy atom. The Kier molecular flexibility index (Phi) is 4.58. The van der Waals surface area contributed by atoms with Crippen LogP contribution in [-0.4, -0.2) is 23.9 Å². The molecule has 1 aromatic carbocycles. The number of rotatable bonds is 6. The third-order valence-corrected chi connectivity index (χ3v) is 3.07. The van der Waals surface area contributed by atoms with Gasteiger partial charge in [-0.1, -0.05) is 13.0 Å². The van der Waals surface area contributed by atoms with Gasteiger partial charge in [0.05, 0.1) is 13.3 Å². The molecule has 19 heavy (non-hydrogen) atoms. The van der Waals surface area contributed by atoms with E-state index in [9.17, 15) is 0 Å². The highest BCUT2D eigenvalue weighted by Crippen LogP contribution is 2.26. The predicted octanol–water partition coefficient (Wildman–Crippen LogP) is 2.69. The molecule has 0 fully saturated rings. The molecule has 1 heterocycles. The fraction of sp³-hybridized carbons (Fsp3) is 0.400. The summed E-state index contributed by atoms with van der Waals surface area (Å²) in [6.45, 7) is 3.90. The average Bonchev–Trinajstić information content (AvgIpc) is 2.88. The number of aromatic nitrogens is 2. The first-order valence-electron chi connectivity index (χ1n) is 6.62. The molecule has 4 nitrogen and oxygen atoms in total. The summed E-state index contributed by atoms with van der Waals surface area (Å²) in [5, 5.41) is 7.53. The fourth-order valence-corrected chi connectivity index (χ4v) is 2.15. The minimum atomic E-state index is 0.792. The van der Waals surface area contributed by atoms with Gasteiger partial charge in [0.15, 0.2) is 0 Å². The molecule has 2 rings (SSSR count). The van der Waals surface area contributed by atoms with Gasteiger partial charge in [-0.15, -0.1) is 0 Å². The molecule has 4 heteroatoms. The third-order valence-electron chi connectivity index (χ3n) is 3.07. The van der Waals surface area contributed by atoms with E-state index in [1.807, 2.05) is 24.0 Å². The summed E-state index contributed by atoms with van der Waals surface area (Å²) >= 11 is 0. The molecule has 0 aliphatic heterocycles. The number of aryl methyl sites for hydroxylation is 1. The molecule has 1 N–H and O–H groups in total. The normalized spacial score (nSPS) is 10.7. The first-order chi connectivity index (χ1) is 9.28. The van der Waals surface area contributed by atoms with Crippen LogP contribution < -0.4 is 10.1 Å². The van der Waals surface area contributed by atoms with Crippen LogP contribution in [0.15, 0.2) is 30.6 Å². The number of ether oxygens (including phenoxy) is 1. The number of methoxy groups -OCH3 is 1. The van der Waals surface area contributed by atoms with Crippen LogP contribution in [0.3, 0.4) is 0 Å². The number of benzene rings is 1. The molecule has 0 amide bonds. The highest BCUT2D eigenvalue weighted by Gasteiger charge is 2.07. The zero-order chi connectivity index (χ0) is 13.7. The SMILES string of the molecule is CCCn1cc(-c2ccc(OC)c(CNC)c2)cn1. The maximum absolute atomic E-state index is 5.37. The lowest BCUT2D eigenvalue weighted by molar-refractivity contribution is 0.408. The molecule has 0 aliphatic rings. The summed E-state index contributed by atoms with van der Waals surface area (Å²) in [6, 6.07) is 6.24. The maximum atomic E-state index is 5.37. The van der Waals surface area contributed by atoms with E-state index in [0.717, 1.165) is 36.4 Å². The van der Waals surface area contributed by atoms with E-state index < -0.39 is 0 Å². The van der Waals surface area contributed by atoms with Crippen molar-refractivity contribution in [2.75, 3.05) is 14.2 Å². The van der Waals surface area contributed by atoms with E-state index >= 15 is 0 Å². The summed E-state index contributed by atoms with van der Waals surface area (Å²) in [6.07, 6.45) is 5.10. The standard InChI is InChI=1S/C15H21N3O/c1-4-7-18-11-14(10-17-18)12-5-6-15(19-3)13(8-12)9-16-2/h5-6,8,10-11,16H,4,7,9H2,1-3H3. The Balaban J connectivity index is 2.30. The van der Waals surface area contributed by atoms with Gasteiger partial charge in [-0.3, -0.25) is 4.68 Å². The zero-order valence-electron chi connectivity index (χ0n) is 11.8. The molecule has 2 aromatic rings. The first-order valence-corrected chi connectivity index (χ1v) is 6.62. The van der Waals surface area contributed by atoms with Gasteiger partial charge in [-0.2, -0.15) is 5.10 Å². The van der Waals surface area contributed by atoms with Gasteiger partial charge < -0.3 is 10.1 Å². The molecule has 0 spiro atoms. The molecule has 0 unspecified atom stereocenters. The second-order valence-corrected chi connectivity index (χ2v) is 4.55. The van der Waals surface area contributed by atoms with E-state index in [1.165, 1.54) is 5.56 Å². The van der Waals surface area contributed by atoms with E-state index in [2.05, 4.69) is 35.7 Å². The lowest BCUT2D eigenvalue weighted by atomic mass is 10.1. The summed E-state index contributed by atoms with van der Waals surface area (Å²) < 4.78 is 7.36. The van der Waals surface area contributed by atoms with Crippen molar-refractivity contribution in [3.63, 3.8) is 0 Å². The Bertz CT molecular complexity index is 534. The van der Waals surface area contributed by atoms with Crippen LogP contribution in [0.5, 0.6) is 5.75 Å². The number of hydrogen-bond acceptors (Lipinski definition) is 3. The van der Waals surface area contributed by atoms with Crippen LogP contribution in [0.25, 0.3) is 11.1 Å². The second-order valence-electron chi connectivity index (χ2n) is 4.55. The van der Waals surface area contributed by atoms with Gasteiger partial charge in [0.25, 0.3) is 0 Å². The highest BCUT2D eigenvalue weighted by molar-refractivity contribution is 5.64. The second kappa shape index (κ2) is 6.38. The molecular weight excluding hydrogens is 238 g/mol. The van der Waals surface area contributed by atoms with Gasteiger partial charge in [0.1, 0.15) is 5.75 Å². The maximum Gasteiger partial charge on any atom is 0.123 e. The van der Waals surface area contributed by atoms with Crippen molar-refractivity contribution in [2.24, 2.45) is 0 Å². The summed E-state index contributed by atoms with van der Waals surface area (Å²) in [7, 11) is 3.64. The third kappa shape index (κ3) is 3.15. The van der Waals surface area contributed by atoms with Crippen LogP contribution >= 0.6 is 0 Å². The largest absolute Gasteiger partial charge is 0.496 e. The van der Waals surface area contributed by atoms with Crippen LogP contribution in [0.1, 0.15) is 18.9 Å². The van der Waals surface area contributed by atoms with Crippen molar-refractivity contribution in [3.8, 4) is 16.9 Å². The average molecular weight is 259 g/mol. The van der Waals surface area contributed by atoms with Crippen LogP contribution in [0.2, 0.25) is 0 Å². The van der Waals surface area contributed by atoms with Crippen LogP contribution in [-0.2, 0) is 13.1 Å². The van der Waals surface area contributed by atoms with E-state index in [0.29, 0.717) is 0 Å². The number of nitrogens with zero attached hydrogens (tertiary/aromatic N) is 2. The predicted molar refractivity (Wildman–Crippen MR) is 77.3 cm³/mol. The topological polar surface area (TPSA) is 39.1 Å². The van der Waals surface area contributed by atoms with Crippen molar-refractivity contribution in [3.05, 3.63) is 36.2 Å². The monoisotopic (exact) mass is 259 g/mol. The summed E-state index contributed by atoms with van der Waals surface area (Å²) in [4.78, 5) is 0. The quantitative estimate of drug-likeness (QED) is 0.867. The molecule has 0 bridgehead atoms. The lowest BCUT2D eigenvalue weighted by Gasteiger charge is -2.09. The van der Waals surface area contributed by atoms with E-state index in [4.69, 9.17) is 4.74 Å². The molecule has 0 radical (unpaired) electrons. The van der Waals surface area contributed by atoms with Gasteiger partial charge in [-0.05, 0) is 31.2 Å². The van der Waals surface area contributed by atoms with Crippen molar-refractivity contribution in [1.82, 2.24) is 15.1 Å². The van der Waals surface area contributed by atoms with Gasteiger partial charge in [-0.25, -0.2) is 0 Å². The minimum absolute atomic E-state index is 0.792. The molecule has 0 saturated heterocycles. The van der Waals surface area contributed by atoms with E-state index in [-0.39, 0.29) is 0 Å². The summed E-state index contributed by atoms with van der Waals surface area (Å²) in [5.74, 6) is 0.916. The molecule has 0 saturated carbocycles. The molecule has 102 valence electrons. The molecule has 0 aliphatic carbocycles. The highest BCUT2D eigenvalue weighted by atomic mass is 16.5. The van der Waals surface area contributed by atoms with Gasteiger partial charge >= 0.3 is 0 Å². The zero-order valence-corrected chi connectivity index (χ0v) is 11.8. The lowest BCUT2D eigenvalue weighted by Crippen LogP contribution is -2.06. The Labute approximate surface area is 114 Å². The Hall–Kier alpha value is -1.81. The first kappa shape index (κ1) is 13.6. The fourth-order valence-electron chi connectivity index (χ4n) is 2.15. The molecular formula is C15H21N3O. The molecule has 1 aromatic heterocycles. The van der Waals surface area contributed by atoms with Crippen molar-refractivity contribution in [1.29, 1.82) is 0 Å². The van der Waals surface area contributed by atoms with E-state index in [1.54, 1.807) is 7.11 Å². The number of nitrogens with one attached hydrogen (secondary N) is 1. The van der Waals surface area contributed by atoms with Crippen molar-refractivity contribution >= 4 is 0 Å². The minimum Gasteiger partial charge on any atom is -0.496 e. The van der Waals surface area contributed by atoms with Gasteiger partial charge in [0, 0.05) is 30.4 Å². The smallest absolute Gasteiger partial charge is 0.123 e. The Morgan fingerprint density at radius 3 is 2.84 bits per heavy atom. The van der Waals surface area contributed by atoms with Gasteiger partial charge in [0.2, 0.25) is 0 Å². The van der Waals surface area contributed by atoms with Crippen LogP contribution in [0, 0.1) is 0 Å². The molecule has 0 atom stereocenters. The number of hydrogen-bond donors (Lipinski definition) is 1. The van der Waals surface area contributed by atoms with Crippen LogP contribution in [0.4, 0.5) is 0 Å².